The molecule has 1 rings (SSSR count). The first-order chi connectivity index (χ1) is 7.04. The largest absolute Gasteiger partial charge is 0.287 e. The van der Waals surface area contributed by atoms with Gasteiger partial charge in [0.15, 0.2) is 0 Å². The first-order valence-electron chi connectivity index (χ1n) is 3.84. The zero-order valence-electron chi connectivity index (χ0n) is 7.41. The Labute approximate surface area is 86.9 Å². The van der Waals surface area contributed by atoms with E-state index in [1.54, 1.807) is 6.07 Å². The van der Waals surface area contributed by atoms with Gasteiger partial charge >= 0.3 is 0 Å². The maximum Gasteiger partial charge on any atom is 0.287 e. The summed E-state index contributed by atoms with van der Waals surface area (Å²) >= 11 is 0. The molecule has 0 saturated heterocycles. The molecule has 7 heteroatoms. The molecule has 0 bridgehead atoms. The van der Waals surface area contributed by atoms with Crippen molar-refractivity contribution in [2.75, 3.05) is 0 Å². The maximum absolute atomic E-state index is 10.5. The van der Waals surface area contributed by atoms with Gasteiger partial charge < -0.3 is 0 Å². The van der Waals surface area contributed by atoms with E-state index < -0.39 is 15.6 Å². The lowest BCUT2D eigenvalue weighted by Crippen LogP contribution is -1.95. The van der Waals surface area contributed by atoms with Crippen LogP contribution in [0.5, 0.6) is 0 Å². The van der Waals surface area contributed by atoms with Crippen LogP contribution in [-0.4, -0.2) is 13.3 Å². The zero-order chi connectivity index (χ0) is 11.4. The lowest BCUT2D eigenvalue weighted by molar-refractivity contribution is -0.385. The van der Waals surface area contributed by atoms with Gasteiger partial charge in [-0.15, -0.1) is 0 Å². The lowest BCUT2D eigenvalue weighted by atomic mass is 10.1. The van der Waals surface area contributed by atoms with Crippen molar-refractivity contribution in [3.63, 3.8) is 0 Å². The molecule has 0 radical (unpaired) electrons. The zero-order valence-corrected chi connectivity index (χ0v) is 8.31. The van der Waals surface area contributed by atoms with Gasteiger partial charge in [0.2, 0.25) is 0 Å². The molecular weight excluding hydrogens is 220 g/mol. The third-order valence-electron chi connectivity index (χ3n) is 1.69. The van der Waals surface area contributed by atoms with Crippen LogP contribution in [0.15, 0.2) is 18.2 Å². The van der Waals surface area contributed by atoms with Crippen LogP contribution in [0, 0.1) is 21.4 Å². The molecule has 0 aliphatic carbocycles. The molecule has 78 valence electrons. The molecule has 0 amide bonds. The summed E-state index contributed by atoms with van der Waals surface area (Å²) in [6, 6.07) is 5.39. The van der Waals surface area contributed by atoms with Gasteiger partial charge in [0.05, 0.1) is 10.7 Å². The summed E-state index contributed by atoms with van der Waals surface area (Å²) in [6.45, 7) is 0. The van der Waals surface area contributed by atoms with Gasteiger partial charge in [0, 0.05) is 6.07 Å². The van der Waals surface area contributed by atoms with Crippen LogP contribution < -0.4 is 0 Å². The standard InChI is InChI=1S/C8H6N2O4S/c9-4-7-2-1-6(5-15(13)14)3-8(7)10(11)12/h1-3,15H,5H2. The van der Waals surface area contributed by atoms with Crippen LogP contribution in [-0.2, 0) is 16.5 Å². The smallest absolute Gasteiger partial charge is 0.258 e. The first kappa shape index (κ1) is 11.1. The number of nitro benzene ring substituents is 1. The Bertz CT molecular complexity index is 508. The van der Waals surface area contributed by atoms with E-state index in [0.717, 1.165) is 6.07 Å². The van der Waals surface area contributed by atoms with Crippen LogP contribution >= 0.6 is 0 Å². The Morgan fingerprint density at radius 2 is 2.13 bits per heavy atom. The van der Waals surface area contributed by atoms with E-state index in [0.29, 0.717) is 5.56 Å². The van der Waals surface area contributed by atoms with E-state index in [4.69, 9.17) is 5.26 Å². The number of benzene rings is 1. The molecule has 0 unspecified atom stereocenters. The predicted octanol–water partition coefficient (Wildman–Crippen LogP) is 0.578. The molecule has 0 spiro atoms. The second-order valence-electron chi connectivity index (χ2n) is 2.71. The lowest BCUT2D eigenvalue weighted by Gasteiger charge is -1.97. The third-order valence-corrected chi connectivity index (χ3v) is 2.31. The number of rotatable bonds is 3. The Hall–Kier alpha value is -1.94. The van der Waals surface area contributed by atoms with Crippen LogP contribution in [0.1, 0.15) is 11.1 Å². The minimum atomic E-state index is -2.63. The number of nitro groups is 1. The quantitative estimate of drug-likeness (QED) is 0.461. The van der Waals surface area contributed by atoms with E-state index >= 15 is 0 Å². The Balaban J connectivity index is 3.23. The molecule has 1 aromatic carbocycles. The fourth-order valence-corrected chi connectivity index (χ4v) is 1.57. The van der Waals surface area contributed by atoms with E-state index in [-0.39, 0.29) is 17.0 Å². The number of hydrogen-bond donors (Lipinski definition) is 1. The summed E-state index contributed by atoms with van der Waals surface area (Å²) in [7, 11) is -2.63. The molecule has 0 heterocycles. The normalized spacial score (nSPS) is 9.87. The fourth-order valence-electron chi connectivity index (χ4n) is 1.07. The van der Waals surface area contributed by atoms with Crippen molar-refractivity contribution < 1.29 is 13.3 Å². The van der Waals surface area contributed by atoms with Crippen LogP contribution in [0.2, 0.25) is 0 Å². The fraction of sp³-hybridized carbons (Fsp3) is 0.125. The van der Waals surface area contributed by atoms with Gasteiger partial charge in [0.25, 0.3) is 5.69 Å². The second kappa shape index (κ2) is 4.52. The molecule has 6 nitrogen and oxygen atoms in total. The topological polar surface area (TPSA) is 101 Å². The van der Waals surface area contributed by atoms with Gasteiger partial charge in [-0.05, 0) is 11.6 Å². The summed E-state index contributed by atoms with van der Waals surface area (Å²) in [4.78, 5) is 9.81. The van der Waals surface area contributed by atoms with E-state index in [1.807, 2.05) is 0 Å². The number of thiol groups is 1. The predicted molar refractivity (Wildman–Crippen MR) is 51.8 cm³/mol. The number of nitrogens with zero attached hydrogens (tertiary/aromatic N) is 2. The van der Waals surface area contributed by atoms with Gasteiger partial charge in [-0.1, -0.05) is 6.07 Å². The van der Waals surface area contributed by atoms with Crippen molar-refractivity contribution in [1.82, 2.24) is 0 Å². The molecule has 0 fully saturated rings. The van der Waals surface area contributed by atoms with Gasteiger partial charge in [-0.3, -0.25) is 10.1 Å². The molecule has 0 aliphatic rings. The van der Waals surface area contributed by atoms with Crippen molar-refractivity contribution >= 4 is 16.4 Å². The summed E-state index contributed by atoms with van der Waals surface area (Å²) < 4.78 is 20.8. The minimum Gasteiger partial charge on any atom is -0.258 e. The maximum atomic E-state index is 10.5. The highest BCUT2D eigenvalue weighted by molar-refractivity contribution is 7.71. The molecule has 0 aliphatic heterocycles. The minimum absolute atomic E-state index is 0.0788. The van der Waals surface area contributed by atoms with Crippen molar-refractivity contribution in [3.8, 4) is 6.07 Å². The molecule has 0 atom stereocenters. The van der Waals surface area contributed by atoms with Crippen LogP contribution in [0.4, 0.5) is 5.69 Å². The molecular formula is C8H6N2O4S. The van der Waals surface area contributed by atoms with E-state index in [2.05, 4.69) is 0 Å². The Morgan fingerprint density at radius 1 is 1.47 bits per heavy atom. The van der Waals surface area contributed by atoms with Crippen molar-refractivity contribution in [1.29, 1.82) is 5.26 Å². The number of hydrogen-bond acceptors (Lipinski definition) is 5. The molecule has 1 aromatic rings. The SMILES string of the molecule is N#Cc1ccc(C[SH](=O)=O)cc1[N+](=O)[O-]. The monoisotopic (exact) mass is 226 g/mol. The van der Waals surface area contributed by atoms with E-state index in [1.165, 1.54) is 12.1 Å². The first-order valence-corrected chi connectivity index (χ1v) is 5.20. The second-order valence-corrected chi connectivity index (χ2v) is 3.69. The van der Waals surface area contributed by atoms with Gasteiger partial charge in [0.1, 0.15) is 22.3 Å². The van der Waals surface area contributed by atoms with Crippen LogP contribution in [0.25, 0.3) is 0 Å². The Kier molecular flexibility index (Phi) is 3.36. The van der Waals surface area contributed by atoms with E-state index in [9.17, 15) is 18.5 Å². The van der Waals surface area contributed by atoms with Crippen molar-refractivity contribution in [2.24, 2.45) is 0 Å². The highest BCUT2D eigenvalue weighted by atomic mass is 32.2. The summed E-state index contributed by atoms with van der Waals surface area (Å²) in [6.07, 6.45) is 0. The van der Waals surface area contributed by atoms with Crippen molar-refractivity contribution in [2.45, 2.75) is 5.75 Å². The highest BCUT2D eigenvalue weighted by Crippen LogP contribution is 2.19. The third kappa shape index (κ3) is 2.75. The van der Waals surface area contributed by atoms with Gasteiger partial charge in [-0.2, -0.15) is 5.26 Å². The summed E-state index contributed by atoms with van der Waals surface area (Å²) in [5.41, 5.74) is -0.145. The summed E-state index contributed by atoms with van der Waals surface area (Å²) in [5, 5.41) is 19.1. The molecule has 15 heavy (non-hydrogen) atoms. The van der Waals surface area contributed by atoms with Crippen LogP contribution in [0.3, 0.4) is 0 Å². The Morgan fingerprint density at radius 3 is 2.60 bits per heavy atom. The number of nitriles is 1. The molecule has 0 aromatic heterocycles. The average Bonchev–Trinajstić information content (AvgIpc) is 2.16. The molecule has 0 saturated carbocycles. The summed E-state index contributed by atoms with van der Waals surface area (Å²) in [5.74, 6) is -0.262. The highest BCUT2D eigenvalue weighted by Gasteiger charge is 2.14. The average molecular weight is 226 g/mol. The van der Waals surface area contributed by atoms with Gasteiger partial charge in [-0.25, -0.2) is 8.42 Å². The molecule has 0 N–H and O–H groups in total. The van der Waals surface area contributed by atoms with Crippen molar-refractivity contribution in [3.05, 3.63) is 39.4 Å².